The van der Waals surface area contributed by atoms with Crippen LogP contribution in [-0.4, -0.2) is 22.4 Å². The quantitative estimate of drug-likeness (QED) is 0.833. The summed E-state index contributed by atoms with van der Waals surface area (Å²) in [6, 6.07) is 7.27. The molecule has 0 saturated carbocycles. The Bertz CT molecular complexity index is 509. The van der Waals surface area contributed by atoms with Crippen LogP contribution in [0.3, 0.4) is 0 Å². The summed E-state index contributed by atoms with van der Waals surface area (Å²) in [4.78, 5) is 24.9. The van der Waals surface area contributed by atoms with Gasteiger partial charge in [-0.05, 0) is 25.0 Å². The van der Waals surface area contributed by atoms with Crippen LogP contribution >= 0.6 is 0 Å². The van der Waals surface area contributed by atoms with Gasteiger partial charge >= 0.3 is 6.03 Å². The zero-order valence-corrected chi connectivity index (χ0v) is 10.6. The lowest BCUT2D eigenvalue weighted by atomic mass is 10.1. The molecule has 2 rings (SSSR count). The van der Waals surface area contributed by atoms with Crippen LogP contribution in [0, 0.1) is 0 Å². The molecule has 0 radical (unpaired) electrons. The van der Waals surface area contributed by atoms with Crippen LogP contribution in [0.5, 0.6) is 0 Å². The van der Waals surface area contributed by atoms with E-state index in [9.17, 15) is 9.59 Å². The summed E-state index contributed by atoms with van der Waals surface area (Å²) in [5.74, 6) is -0.194. The number of nitrogens with zero attached hydrogens (tertiary/aromatic N) is 1. The van der Waals surface area contributed by atoms with Gasteiger partial charge in [-0.3, -0.25) is 9.69 Å². The highest BCUT2D eigenvalue weighted by atomic mass is 16.2. The van der Waals surface area contributed by atoms with Gasteiger partial charge in [-0.2, -0.15) is 0 Å². The number of carbonyl (C=O) groups is 2. The van der Waals surface area contributed by atoms with Crippen LogP contribution in [0.2, 0.25) is 0 Å². The molecular weight excluding hydrogens is 228 g/mol. The summed E-state index contributed by atoms with van der Waals surface area (Å²) in [5.41, 5.74) is 1.12. The molecule has 1 aromatic carbocycles. The molecule has 4 nitrogen and oxygen atoms in total. The Hall–Kier alpha value is -2.10. The van der Waals surface area contributed by atoms with Gasteiger partial charge in [-0.1, -0.05) is 36.9 Å². The van der Waals surface area contributed by atoms with Gasteiger partial charge in [0.25, 0.3) is 5.91 Å². The summed E-state index contributed by atoms with van der Waals surface area (Å²) >= 11 is 0. The number of carbonyl (C=O) groups excluding carboxylic acids is 2. The normalized spacial score (nSPS) is 17.8. The van der Waals surface area contributed by atoms with Gasteiger partial charge in [0.15, 0.2) is 0 Å². The number of benzene rings is 1. The molecule has 1 aliphatic heterocycles. The molecule has 0 aliphatic carbocycles. The maximum Gasteiger partial charge on any atom is 0.325 e. The molecule has 1 fully saturated rings. The average Bonchev–Trinajstić information content (AvgIpc) is 2.52. The molecule has 0 aromatic heterocycles. The van der Waals surface area contributed by atoms with Crippen molar-refractivity contribution < 1.29 is 11.0 Å². The lowest BCUT2D eigenvalue weighted by molar-refractivity contribution is -0.130. The van der Waals surface area contributed by atoms with Crippen molar-refractivity contribution in [2.75, 3.05) is 0 Å². The molecule has 1 aromatic rings. The summed E-state index contributed by atoms with van der Waals surface area (Å²) < 4.78 is 0. The molecule has 1 heterocycles. The Morgan fingerprint density at radius 1 is 1.33 bits per heavy atom. The van der Waals surface area contributed by atoms with Crippen molar-refractivity contribution >= 4 is 18.0 Å². The third-order valence-corrected chi connectivity index (χ3v) is 3.00. The highest BCUT2D eigenvalue weighted by molar-refractivity contribution is 6.06. The number of nitrogens with one attached hydrogen (secondary N) is 1. The van der Waals surface area contributed by atoms with Crippen LogP contribution in [0.4, 0.5) is 4.79 Å². The van der Waals surface area contributed by atoms with Gasteiger partial charge < -0.3 is 5.32 Å². The van der Waals surface area contributed by atoms with E-state index in [0.29, 0.717) is 6.54 Å². The fourth-order valence-electron chi connectivity index (χ4n) is 1.90. The van der Waals surface area contributed by atoms with E-state index in [1.54, 1.807) is 19.9 Å². The molecule has 1 saturated heterocycles. The van der Waals surface area contributed by atoms with E-state index < -0.39 is 5.54 Å². The standard InChI is InChI=1S/C14H16N2O2.H2/c1-4-10-5-7-11(8-6-10)9-16-12(17)14(2,3)15-13(16)18;/h4-8H,1,9H2,2-3H3,(H,15,18);1H. The van der Waals surface area contributed by atoms with E-state index in [-0.39, 0.29) is 13.4 Å². The van der Waals surface area contributed by atoms with Crippen molar-refractivity contribution in [1.29, 1.82) is 0 Å². The predicted molar refractivity (Wildman–Crippen MR) is 71.8 cm³/mol. The molecule has 1 aliphatic rings. The van der Waals surface area contributed by atoms with Gasteiger partial charge in [-0.25, -0.2) is 4.79 Å². The first-order valence-corrected chi connectivity index (χ1v) is 5.79. The highest BCUT2D eigenvalue weighted by Crippen LogP contribution is 2.19. The zero-order valence-electron chi connectivity index (χ0n) is 10.6. The topological polar surface area (TPSA) is 49.4 Å². The van der Waals surface area contributed by atoms with E-state index in [2.05, 4.69) is 11.9 Å². The van der Waals surface area contributed by atoms with Gasteiger partial charge in [-0.15, -0.1) is 0 Å². The maximum atomic E-state index is 12.0. The fraction of sp³-hybridized carbons (Fsp3) is 0.286. The summed E-state index contributed by atoms with van der Waals surface area (Å²) in [7, 11) is 0. The molecule has 1 N–H and O–H groups in total. The van der Waals surface area contributed by atoms with E-state index in [0.717, 1.165) is 11.1 Å². The fourth-order valence-corrected chi connectivity index (χ4v) is 1.90. The van der Waals surface area contributed by atoms with E-state index in [1.165, 1.54) is 4.90 Å². The largest absolute Gasteiger partial charge is 0.325 e. The third-order valence-electron chi connectivity index (χ3n) is 3.00. The average molecular weight is 246 g/mol. The molecular formula is C14H18N2O2. The Labute approximate surface area is 108 Å². The molecule has 4 heteroatoms. The monoisotopic (exact) mass is 246 g/mol. The Morgan fingerprint density at radius 2 is 1.94 bits per heavy atom. The molecule has 3 amide bonds. The summed E-state index contributed by atoms with van der Waals surface area (Å²) in [5, 5.41) is 2.66. The minimum Gasteiger partial charge on any atom is -0.324 e. The number of imide groups is 1. The molecule has 0 bridgehead atoms. The maximum absolute atomic E-state index is 12.0. The second kappa shape index (κ2) is 4.29. The van der Waals surface area contributed by atoms with Crippen LogP contribution in [0.15, 0.2) is 30.8 Å². The summed E-state index contributed by atoms with van der Waals surface area (Å²) in [6.45, 7) is 7.38. The minimum absolute atomic E-state index is 0. The molecule has 0 spiro atoms. The zero-order chi connectivity index (χ0) is 13.3. The van der Waals surface area contributed by atoms with Crippen molar-refractivity contribution in [3.8, 4) is 0 Å². The Balaban J connectivity index is 0.00000180. The van der Waals surface area contributed by atoms with Crippen molar-refractivity contribution in [3.63, 3.8) is 0 Å². The number of hydrogen-bond acceptors (Lipinski definition) is 2. The third kappa shape index (κ3) is 2.14. The van der Waals surface area contributed by atoms with E-state index in [4.69, 9.17) is 0 Å². The minimum atomic E-state index is -0.807. The van der Waals surface area contributed by atoms with Crippen molar-refractivity contribution in [2.24, 2.45) is 0 Å². The molecule has 96 valence electrons. The van der Waals surface area contributed by atoms with Gasteiger partial charge in [0.05, 0.1) is 6.54 Å². The first-order chi connectivity index (χ1) is 8.44. The molecule has 18 heavy (non-hydrogen) atoms. The first kappa shape index (κ1) is 12.4. The van der Waals surface area contributed by atoms with Crippen LogP contribution in [0.1, 0.15) is 26.4 Å². The lowest BCUT2D eigenvalue weighted by Gasteiger charge is -2.16. The molecule has 0 unspecified atom stereocenters. The van der Waals surface area contributed by atoms with Gasteiger partial charge in [0, 0.05) is 1.43 Å². The van der Waals surface area contributed by atoms with Gasteiger partial charge in [0.2, 0.25) is 0 Å². The number of amides is 3. The smallest absolute Gasteiger partial charge is 0.324 e. The first-order valence-electron chi connectivity index (χ1n) is 5.79. The SMILES string of the molecule is C=Cc1ccc(CN2C(=O)NC(C)(C)C2=O)cc1.[HH]. The highest BCUT2D eigenvalue weighted by Gasteiger charge is 2.43. The van der Waals surface area contributed by atoms with Crippen LogP contribution in [-0.2, 0) is 11.3 Å². The van der Waals surface area contributed by atoms with E-state index >= 15 is 0 Å². The lowest BCUT2D eigenvalue weighted by Crippen LogP contribution is -2.40. The number of urea groups is 1. The predicted octanol–water partition coefficient (Wildman–Crippen LogP) is 2.41. The Morgan fingerprint density at radius 3 is 2.39 bits per heavy atom. The van der Waals surface area contributed by atoms with E-state index in [1.807, 2.05) is 24.3 Å². The molecule has 0 atom stereocenters. The Kier molecular flexibility index (Phi) is 2.95. The van der Waals surface area contributed by atoms with Crippen molar-refractivity contribution in [2.45, 2.75) is 25.9 Å². The van der Waals surface area contributed by atoms with Crippen LogP contribution < -0.4 is 5.32 Å². The number of rotatable bonds is 3. The van der Waals surface area contributed by atoms with Gasteiger partial charge in [0.1, 0.15) is 5.54 Å². The second-order valence-electron chi connectivity index (χ2n) is 4.89. The number of hydrogen-bond donors (Lipinski definition) is 1. The second-order valence-corrected chi connectivity index (χ2v) is 4.89. The summed E-state index contributed by atoms with van der Waals surface area (Å²) in [6.07, 6.45) is 1.75. The van der Waals surface area contributed by atoms with Crippen LogP contribution in [0.25, 0.3) is 6.08 Å². The van der Waals surface area contributed by atoms with Crippen molar-refractivity contribution in [3.05, 3.63) is 42.0 Å². The van der Waals surface area contributed by atoms with Crippen molar-refractivity contribution in [1.82, 2.24) is 10.2 Å².